The van der Waals surface area contributed by atoms with E-state index < -0.39 is 6.03 Å². The predicted molar refractivity (Wildman–Crippen MR) is 111 cm³/mol. The molecule has 7 heteroatoms. The van der Waals surface area contributed by atoms with Gasteiger partial charge in [0, 0.05) is 16.4 Å². The average molecular weight is 396 g/mol. The highest BCUT2D eigenvalue weighted by atomic mass is 35.5. The Morgan fingerprint density at radius 1 is 0.963 bits per heavy atom. The number of aromatic hydroxyl groups is 1. The maximum Gasteiger partial charge on any atom is 0.323 e. The van der Waals surface area contributed by atoms with Crippen molar-refractivity contribution in [3.8, 4) is 16.3 Å². The first-order valence-corrected chi connectivity index (χ1v) is 9.30. The minimum atomic E-state index is -0.390. The number of nitrogens with zero attached hydrogens (tertiary/aromatic N) is 1. The summed E-state index contributed by atoms with van der Waals surface area (Å²) in [6.07, 6.45) is 0. The third kappa shape index (κ3) is 3.86. The number of halogens is 1. The van der Waals surface area contributed by atoms with Crippen LogP contribution in [0.2, 0.25) is 5.02 Å². The van der Waals surface area contributed by atoms with E-state index >= 15 is 0 Å². The summed E-state index contributed by atoms with van der Waals surface area (Å²) < 4.78 is 1.03. The van der Waals surface area contributed by atoms with Gasteiger partial charge in [0.1, 0.15) is 10.8 Å². The Bertz CT molecular complexity index is 1090. The number of anilines is 2. The molecule has 0 spiro atoms. The van der Waals surface area contributed by atoms with Gasteiger partial charge in [-0.2, -0.15) is 0 Å². The van der Waals surface area contributed by atoms with Crippen molar-refractivity contribution >= 4 is 50.6 Å². The van der Waals surface area contributed by atoms with Gasteiger partial charge in [-0.1, -0.05) is 23.7 Å². The van der Waals surface area contributed by atoms with E-state index in [1.54, 1.807) is 42.5 Å². The molecule has 2 amide bonds. The Hall–Kier alpha value is -3.09. The van der Waals surface area contributed by atoms with Crippen molar-refractivity contribution in [1.82, 2.24) is 4.98 Å². The molecule has 0 radical (unpaired) electrons. The fraction of sp³-hybridized carbons (Fsp3) is 0. The second kappa shape index (κ2) is 7.26. The monoisotopic (exact) mass is 395 g/mol. The van der Waals surface area contributed by atoms with Gasteiger partial charge in [0.05, 0.1) is 15.8 Å². The number of thiazole rings is 1. The summed E-state index contributed by atoms with van der Waals surface area (Å²) in [4.78, 5) is 16.8. The lowest BCUT2D eigenvalue weighted by Gasteiger charge is -2.09. The van der Waals surface area contributed by atoms with Crippen molar-refractivity contribution in [3.05, 3.63) is 71.8 Å². The maximum absolute atomic E-state index is 12.2. The van der Waals surface area contributed by atoms with Gasteiger partial charge in [-0.25, -0.2) is 9.78 Å². The maximum atomic E-state index is 12.2. The molecule has 0 atom stereocenters. The molecule has 0 unspecified atom stereocenters. The molecule has 1 aromatic heterocycles. The largest absolute Gasteiger partial charge is 0.507 e. The number of rotatable bonds is 3. The van der Waals surface area contributed by atoms with Crippen LogP contribution >= 0.6 is 22.9 Å². The van der Waals surface area contributed by atoms with Crippen LogP contribution in [-0.4, -0.2) is 16.1 Å². The molecule has 0 saturated heterocycles. The number of hydrogen-bond donors (Lipinski definition) is 3. The van der Waals surface area contributed by atoms with Crippen LogP contribution in [0.25, 0.3) is 20.8 Å². The summed E-state index contributed by atoms with van der Waals surface area (Å²) in [6, 6.07) is 19.1. The number of amides is 2. The van der Waals surface area contributed by atoms with Gasteiger partial charge >= 0.3 is 6.03 Å². The molecule has 4 rings (SSSR count). The van der Waals surface area contributed by atoms with Crippen LogP contribution < -0.4 is 10.6 Å². The highest BCUT2D eigenvalue weighted by molar-refractivity contribution is 7.21. The molecular weight excluding hydrogens is 382 g/mol. The zero-order valence-corrected chi connectivity index (χ0v) is 15.5. The van der Waals surface area contributed by atoms with Crippen molar-refractivity contribution < 1.29 is 9.90 Å². The van der Waals surface area contributed by atoms with Crippen LogP contribution in [0.5, 0.6) is 5.75 Å². The SMILES string of the molecule is O=C(Nc1ccc(Cl)cc1)Nc1ccc(O)c(-c2nc3ccccc3s2)c1. The van der Waals surface area contributed by atoms with Crippen LogP contribution in [0.1, 0.15) is 0 Å². The van der Waals surface area contributed by atoms with Crippen LogP contribution in [-0.2, 0) is 0 Å². The van der Waals surface area contributed by atoms with Crippen molar-refractivity contribution in [1.29, 1.82) is 0 Å². The molecule has 0 aliphatic carbocycles. The molecule has 3 aromatic carbocycles. The molecule has 1 heterocycles. The first kappa shape index (κ1) is 17.3. The van der Waals surface area contributed by atoms with E-state index in [1.165, 1.54) is 11.3 Å². The van der Waals surface area contributed by atoms with Crippen molar-refractivity contribution in [2.24, 2.45) is 0 Å². The second-order valence-corrected chi connectivity index (χ2v) is 7.27. The first-order chi connectivity index (χ1) is 13.1. The van der Waals surface area contributed by atoms with Crippen molar-refractivity contribution in [3.63, 3.8) is 0 Å². The fourth-order valence-corrected chi connectivity index (χ4v) is 3.72. The predicted octanol–water partition coefficient (Wildman–Crippen LogP) is 5.97. The lowest BCUT2D eigenvalue weighted by Crippen LogP contribution is -2.19. The number of benzene rings is 3. The van der Waals surface area contributed by atoms with Gasteiger partial charge in [-0.05, 0) is 54.6 Å². The van der Waals surface area contributed by atoms with Gasteiger partial charge in [0.25, 0.3) is 0 Å². The molecule has 0 bridgehead atoms. The summed E-state index contributed by atoms with van der Waals surface area (Å²) in [7, 11) is 0. The van der Waals surface area contributed by atoms with Crippen LogP contribution in [0, 0.1) is 0 Å². The molecule has 0 aliphatic heterocycles. The minimum Gasteiger partial charge on any atom is -0.507 e. The van der Waals surface area contributed by atoms with E-state index in [0.29, 0.717) is 27.0 Å². The van der Waals surface area contributed by atoms with Crippen LogP contribution in [0.3, 0.4) is 0 Å². The second-order valence-electron chi connectivity index (χ2n) is 5.80. The molecule has 0 aliphatic rings. The number of hydrogen-bond acceptors (Lipinski definition) is 4. The Morgan fingerprint density at radius 2 is 1.67 bits per heavy atom. The van der Waals surface area contributed by atoms with Gasteiger partial charge in [0.2, 0.25) is 0 Å². The number of aromatic nitrogens is 1. The Balaban J connectivity index is 1.56. The number of phenolic OH excluding ortho intramolecular Hbond substituents is 1. The fourth-order valence-electron chi connectivity index (χ4n) is 2.60. The van der Waals surface area contributed by atoms with E-state index in [4.69, 9.17) is 11.6 Å². The number of para-hydroxylation sites is 1. The van der Waals surface area contributed by atoms with Gasteiger partial charge in [-0.3, -0.25) is 0 Å². The Morgan fingerprint density at radius 3 is 2.44 bits per heavy atom. The number of fused-ring (bicyclic) bond motifs is 1. The molecule has 3 N–H and O–H groups in total. The first-order valence-electron chi connectivity index (χ1n) is 8.11. The van der Waals surface area contributed by atoms with Crippen LogP contribution in [0.4, 0.5) is 16.2 Å². The Labute approximate surface area is 164 Å². The minimum absolute atomic E-state index is 0.109. The molecule has 4 aromatic rings. The lowest BCUT2D eigenvalue weighted by molar-refractivity contribution is 0.262. The normalized spacial score (nSPS) is 10.7. The Kier molecular flexibility index (Phi) is 4.66. The van der Waals surface area contributed by atoms with E-state index in [-0.39, 0.29) is 5.75 Å². The molecular formula is C20H14ClN3O2S. The molecule has 0 saturated carbocycles. The summed E-state index contributed by atoms with van der Waals surface area (Å²) in [5.74, 6) is 0.109. The van der Waals surface area contributed by atoms with Gasteiger partial charge in [0.15, 0.2) is 0 Å². The molecule has 27 heavy (non-hydrogen) atoms. The quantitative estimate of drug-likeness (QED) is 0.374. The van der Waals surface area contributed by atoms with Crippen LogP contribution in [0.15, 0.2) is 66.7 Å². The topological polar surface area (TPSA) is 74.2 Å². The van der Waals surface area contributed by atoms with E-state index in [9.17, 15) is 9.90 Å². The smallest absolute Gasteiger partial charge is 0.323 e. The number of nitrogens with one attached hydrogen (secondary N) is 2. The number of carbonyl (C=O) groups is 1. The summed E-state index contributed by atoms with van der Waals surface area (Å²) >= 11 is 7.32. The highest BCUT2D eigenvalue weighted by Gasteiger charge is 2.12. The zero-order valence-electron chi connectivity index (χ0n) is 13.9. The molecule has 0 fully saturated rings. The van der Waals surface area contributed by atoms with Gasteiger partial charge in [-0.15, -0.1) is 11.3 Å². The van der Waals surface area contributed by atoms with E-state index in [0.717, 1.165) is 10.2 Å². The highest BCUT2D eigenvalue weighted by Crippen LogP contribution is 2.36. The van der Waals surface area contributed by atoms with E-state index in [1.807, 2.05) is 24.3 Å². The zero-order chi connectivity index (χ0) is 18.8. The summed E-state index contributed by atoms with van der Waals surface area (Å²) in [6.45, 7) is 0. The number of carbonyl (C=O) groups excluding carboxylic acids is 1. The third-order valence-electron chi connectivity index (χ3n) is 3.88. The number of urea groups is 1. The molecule has 5 nitrogen and oxygen atoms in total. The molecule has 134 valence electrons. The third-order valence-corrected chi connectivity index (χ3v) is 5.20. The summed E-state index contributed by atoms with van der Waals surface area (Å²) in [5, 5.41) is 17.0. The summed E-state index contributed by atoms with van der Waals surface area (Å²) in [5.41, 5.74) is 2.62. The number of phenols is 1. The van der Waals surface area contributed by atoms with Gasteiger partial charge < -0.3 is 15.7 Å². The van der Waals surface area contributed by atoms with E-state index in [2.05, 4.69) is 15.6 Å². The average Bonchev–Trinajstić information content (AvgIpc) is 3.09. The van der Waals surface area contributed by atoms with Crippen molar-refractivity contribution in [2.45, 2.75) is 0 Å². The van der Waals surface area contributed by atoms with Crippen molar-refractivity contribution in [2.75, 3.05) is 10.6 Å². The lowest BCUT2D eigenvalue weighted by atomic mass is 10.2. The standard InChI is InChI=1S/C20H14ClN3O2S/c21-12-5-7-13(8-6-12)22-20(26)23-14-9-10-17(25)15(11-14)19-24-16-3-1-2-4-18(16)27-19/h1-11,25H,(H2,22,23,26).